The molecule has 0 aliphatic rings. The molecule has 1 aromatic carbocycles. The highest BCUT2D eigenvalue weighted by atomic mass is 79.9. The van der Waals surface area contributed by atoms with Gasteiger partial charge in [-0.15, -0.1) is 11.3 Å². The van der Waals surface area contributed by atoms with Gasteiger partial charge in [0.15, 0.2) is 0 Å². The van der Waals surface area contributed by atoms with Gasteiger partial charge in [-0.25, -0.2) is 0 Å². The molecule has 90 valence electrons. The molecule has 4 heteroatoms. The summed E-state index contributed by atoms with van der Waals surface area (Å²) in [4.78, 5) is 2.88. The summed E-state index contributed by atoms with van der Waals surface area (Å²) in [5, 5.41) is 0. The molecule has 0 nitrogen and oxygen atoms in total. The normalized spacial score (nSPS) is 12.8. The van der Waals surface area contributed by atoms with Crippen molar-refractivity contribution in [2.45, 2.75) is 18.7 Å². The summed E-state index contributed by atoms with van der Waals surface area (Å²) in [6.07, 6.45) is 0. The van der Waals surface area contributed by atoms with Crippen LogP contribution in [0.1, 0.15) is 25.7 Å². The molecule has 0 spiro atoms. The van der Waals surface area contributed by atoms with Crippen LogP contribution in [0.4, 0.5) is 0 Å². The maximum atomic E-state index is 3.79. The minimum absolute atomic E-state index is 0.242. The lowest BCUT2D eigenvalue weighted by atomic mass is 10.1. The Hall–Kier alpha value is 0.360. The van der Waals surface area contributed by atoms with Crippen molar-refractivity contribution in [3.05, 3.63) is 54.1 Å². The lowest BCUT2D eigenvalue weighted by Crippen LogP contribution is -1.92. The Bertz CT molecular complexity index is 526. The summed E-state index contributed by atoms with van der Waals surface area (Å²) in [6, 6.07) is 8.62. The number of alkyl halides is 1. The fourth-order valence-electron chi connectivity index (χ4n) is 1.62. The van der Waals surface area contributed by atoms with Crippen LogP contribution in [0.2, 0.25) is 0 Å². The maximum Gasteiger partial charge on any atom is 0.0749 e. The third kappa shape index (κ3) is 3.03. The summed E-state index contributed by atoms with van der Waals surface area (Å²) in [6.45, 7) is 4.24. The van der Waals surface area contributed by atoms with Crippen LogP contribution in [0.5, 0.6) is 0 Å². The average molecular weight is 439 g/mol. The van der Waals surface area contributed by atoms with Gasteiger partial charge in [-0.2, -0.15) is 0 Å². The monoisotopic (exact) mass is 436 g/mol. The first-order chi connectivity index (χ1) is 7.99. The van der Waals surface area contributed by atoms with Gasteiger partial charge in [0, 0.05) is 18.7 Å². The molecular formula is C13H11Br3S. The lowest BCUT2D eigenvalue weighted by molar-refractivity contribution is 1.19. The highest BCUT2D eigenvalue weighted by Gasteiger charge is 2.16. The molecule has 1 unspecified atom stereocenters. The van der Waals surface area contributed by atoms with Crippen molar-refractivity contribution >= 4 is 59.1 Å². The van der Waals surface area contributed by atoms with Crippen molar-refractivity contribution < 1.29 is 0 Å². The predicted molar refractivity (Wildman–Crippen MR) is 86.4 cm³/mol. The second kappa shape index (κ2) is 5.55. The average Bonchev–Trinajstić information content (AvgIpc) is 2.62. The van der Waals surface area contributed by atoms with E-state index >= 15 is 0 Å². The molecule has 0 radical (unpaired) electrons. The van der Waals surface area contributed by atoms with Gasteiger partial charge in [0.05, 0.1) is 4.83 Å². The number of benzene rings is 1. The largest absolute Gasteiger partial charge is 0.143 e. The Morgan fingerprint density at radius 1 is 1.06 bits per heavy atom. The van der Waals surface area contributed by atoms with Crippen LogP contribution >= 0.6 is 59.1 Å². The molecule has 2 aromatic rings. The number of halogens is 3. The zero-order valence-corrected chi connectivity index (χ0v) is 15.0. The molecule has 1 atom stereocenters. The van der Waals surface area contributed by atoms with Gasteiger partial charge >= 0.3 is 0 Å². The minimum Gasteiger partial charge on any atom is -0.143 e. The summed E-state index contributed by atoms with van der Waals surface area (Å²) in [5.41, 5.74) is 2.55. The molecule has 2 rings (SSSR count). The van der Waals surface area contributed by atoms with Gasteiger partial charge in [0.1, 0.15) is 0 Å². The number of hydrogen-bond acceptors (Lipinski definition) is 1. The topological polar surface area (TPSA) is 0 Å². The second-order valence-corrected chi connectivity index (χ2v) is 7.85. The van der Waals surface area contributed by atoms with Crippen molar-refractivity contribution in [2.75, 3.05) is 0 Å². The molecule has 0 aliphatic carbocycles. The van der Waals surface area contributed by atoms with Crippen LogP contribution in [0, 0.1) is 13.8 Å². The van der Waals surface area contributed by atoms with E-state index in [9.17, 15) is 0 Å². The van der Waals surface area contributed by atoms with E-state index in [0.29, 0.717) is 0 Å². The Kier molecular flexibility index (Phi) is 4.50. The third-order valence-corrected chi connectivity index (χ3v) is 6.76. The van der Waals surface area contributed by atoms with Crippen LogP contribution < -0.4 is 0 Å². The third-order valence-electron chi connectivity index (χ3n) is 2.55. The SMILES string of the molecule is Cc1ccc(Br)c(C(Br)c2cc(Br)c(C)s2)c1. The second-order valence-electron chi connectivity index (χ2n) is 3.94. The first-order valence-electron chi connectivity index (χ1n) is 5.15. The fraction of sp³-hybridized carbons (Fsp3) is 0.231. The van der Waals surface area contributed by atoms with E-state index in [1.54, 1.807) is 0 Å². The van der Waals surface area contributed by atoms with Gasteiger partial charge in [-0.05, 0) is 47.5 Å². The zero-order valence-electron chi connectivity index (χ0n) is 9.43. The molecule has 0 N–H and O–H groups in total. The smallest absolute Gasteiger partial charge is 0.0749 e. The van der Waals surface area contributed by atoms with Crippen LogP contribution in [0.15, 0.2) is 33.2 Å². The molecule has 0 fully saturated rings. The van der Waals surface area contributed by atoms with Crippen LogP contribution in [0.3, 0.4) is 0 Å². The summed E-state index contributed by atoms with van der Waals surface area (Å²) in [7, 11) is 0. The molecule has 0 saturated carbocycles. The molecule has 0 saturated heterocycles. The summed E-state index contributed by atoms with van der Waals surface area (Å²) in [5.74, 6) is 0. The molecule has 1 heterocycles. The van der Waals surface area contributed by atoms with E-state index in [1.165, 1.54) is 25.4 Å². The highest BCUT2D eigenvalue weighted by Crippen LogP contribution is 2.41. The van der Waals surface area contributed by atoms with Gasteiger partial charge in [0.25, 0.3) is 0 Å². The molecule has 0 bridgehead atoms. The number of hydrogen-bond donors (Lipinski definition) is 0. The highest BCUT2D eigenvalue weighted by molar-refractivity contribution is 9.11. The Morgan fingerprint density at radius 3 is 2.35 bits per heavy atom. The van der Waals surface area contributed by atoms with Crippen molar-refractivity contribution in [1.82, 2.24) is 0 Å². The Balaban J connectivity index is 2.42. The Morgan fingerprint density at radius 2 is 1.76 bits per heavy atom. The van der Waals surface area contributed by atoms with E-state index < -0.39 is 0 Å². The van der Waals surface area contributed by atoms with E-state index in [4.69, 9.17) is 0 Å². The first-order valence-corrected chi connectivity index (χ1v) is 8.47. The lowest BCUT2D eigenvalue weighted by Gasteiger charge is -2.11. The number of rotatable bonds is 2. The van der Waals surface area contributed by atoms with Crippen molar-refractivity contribution in [3.63, 3.8) is 0 Å². The summed E-state index contributed by atoms with van der Waals surface area (Å²) < 4.78 is 2.33. The van der Waals surface area contributed by atoms with E-state index in [-0.39, 0.29) is 4.83 Å². The quantitative estimate of drug-likeness (QED) is 0.477. The van der Waals surface area contributed by atoms with Gasteiger partial charge in [-0.1, -0.05) is 49.6 Å². The maximum absolute atomic E-state index is 3.79. The summed E-state index contributed by atoms with van der Waals surface area (Å²) >= 11 is 12.8. The van der Waals surface area contributed by atoms with Gasteiger partial charge < -0.3 is 0 Å². The molecule has 17 heavy (non-hydrogen) atoms. The first kappa shape index (κ1) is 13.8. The number of thiophene rings is 1. The minimum atomic E-state index is 0.242. The standard InChI is InChI=1S/C13H11Br3S/c1-7-3-4-10(14)9(5-7)13(16)12-6-11(15)8(2)17-12/h3-6,13H,1-2H3. The molecule has 0 amide bonds. The van der Waals surface area contributed by atoms with E-state index in [1.807, 2.05) is 11.3 Å². The van der Waals surface area contributed by atoms with E-state index in [0.717, 1.165) is 4.47 Å². The van der Waals surface area contributed by atoms with Crippen LogP contribution in [-0.4, -0.2) is 0 Å². The molecule has 1 aromatic heterocycles. The fourth-order valence-corrected chi connectivity index (χ4v) is 4.75. The van der Waals surface area contributed by atoms with Crippen molar-refractivity contribution in [1.29, 1.82) is 0 Å². The molecular weight excluding hydrogens is 428 g/mol. The van der Waals surface area contributed by atoms with Gasteiger partial charge in [-0.3, -0.25) is 0 Å². The van der Waals surface area contributed by atoms with Crippen molar-refractivity contribution in [3.8, 4) is 0 Å². The van der Waals surface area contributed by atoms with Crippen molar-refractivity contribution in [2.24, 2.45) is 0 Å². The zero-order chi connectivity index (χ0) is 12.6. The van der Waals surface area contributed by atoms with E-state index in [2.05, 4.69) is 85.9 Å². The predicted octanol–water partition coefficient (Wildman–Crippen LogP) is 6.37. The van der Waals surface area contributed by atoms with Crippen LogP contribution in [0.25, 0.3) is 0 Å². The Labute approximate surface area is 131 Å². The van der Waals surface area contributed by atoms with Gasteiger partial charge in [0.2, 0.25) is 0 Å². The molecule has 0 aliphatic heterocycles. The number of aryl methyl sites for hydroxylation is 2. The van der Waals surface area contributed by atoms with Crippen LogP contribution in [-0.2, 0) is 0 Å².